The molecule has 1 aliphatic rings. The molecule has 0 atom stereocenters. The van der Waals surface area contributed by atoms with E-state index in [1.165, 1.54) is 12.8 Å². The highest BCUT2D eigenvalue weighted by atomic mass is 16.5. The molecule has 21 heavy (non-hydrogen) atoms. The summed E-state index contributed by atoms with van der Waals surface area (Å²) in [6.45, 7) is 3.25. The third kappa shape index (κ3) is 4.65. The standard InChI is InChI=1S/C16H21N3O2/c1-2-5-14(6-3-1)16-19-18-15(21-16)11-17-9-4-10-20-12-13-7-8-13/h1-3,5-6,13,17H,4,7-12H2. The topological polar surface area (TPSA) is 60.2 Å². The van der Waals surface area contributed by atoms with Crippen LogP contribution in [0, 0.1) is 5.92 Å². The number of nitrogens with one attached hydrogen (secondary N) is 1. The Balaban J connectivity index is 1.33. The summed E-state index contributed by atoms with van der Waals surface area (Å²) in [6.07, 6.45) is 3.70. The van der Waals surface area contributed by atoms with Crippen molar-refractivity contribution in [3.63, 3.8) is 0 Å². The van der Waals surface area contributed by atoms with Crippen LogP contribution in [0.5, 0.6) is 0 Å². The molecule has 1 heterocycles. The van der Waals surface area contributed by atoms with Crippen molar-refractivity contribution >= 4 is 0 Å². The Bertz CT molecular complexity index is 537. The van der Waals surface area contributed by atoms with E-state index in [1.54, 1.807) is 0 Å². The molecule has 0 saturated heterocycles. The van der Waals surface area contributed by atoms with Crippen molar-refractivity contribution in [2.24, 2.45) is 5.92 Å². The van der Waals surface area contributed by atoms with Gasteiger partial charge >= 0.3 is 0 Å². The van der Waals surface area contributed by atoms with Crippen molar-refractivity contribution < 1.29 is 9.15 Å². The lowest BCUT2D eigenvalue weighted by atomic mass is 10.2. The first kappa shape index (κ1) is 14.2. The predicted octanol–water partition coefficient (Wildman–Crippen LogP) is 2.64. The molecule has 3 rings (SSSR count). The third-order valence-corrected chi connectivity index (χ3v) is 3.46. The molecule has 1 fully saturated rings. The zero-order chi connectivity index (χ0) is 14.3. The molecular formula is C16H21N3O2. The van der Waals surface area contributed by atoms with Crippen molar-refractivity contribution in [1.29, 1.82) is 0 Å². The van der Waals surface area contributed by atoms with E-state index in [4.69, 9.17) is 9.15 Å². The van der Waals surface area contributed by atoms with Gasteiger partial charge in [-0.2, -0.15) is 0 Å². The second-order valence-corrected chi connectivity index (χ2v) is 5.42. The largest absolute Gasteiger partial charge is 0.419 e. The Labute approximate surface area is 124 Å². The van der Waals surface area contributed by atoms with Crippen molar-refractivity contribution in [2.75, 3.05) is 19.8 Å². The number of rotatable bonds is 9. The van der Waals surface area contributed by atoms with Gasteiger partial charge in [-0.25, -0.2) is 0 Å². The van der Waals surface area contributed by atoms with Crippen LogP contribution in [0.2, 0.25) is 0 Å². The Morgan fingerprint density at radius 1 is 1.19 bits per heavy atom. The van der Waals surface area contributed by atoms with Gasteiger partial charge in [0.15, 0.2) is 0 Å². The number of hydrogen-bond donors (Lipinski definition) is 1. The fourth-order valence-corrected chi connectivity index (χ4v) is 2.05. The molecule has 1 aliphatic carbocycles. The van der Waals surface area contributed by atoms with Gasteiger partial charge in [-0.3, -0.25) is 0 Å². The van der Waals surface area contributed by atoms with Crippen LogP contribution < -0.4 is 5.32 Å². The zero-order valence-electron chi connectivity index (χ0n) is 12.1. The number of benzene rings is 1. The normalized spacial score (nSPS) is 14.5. The second-order valence-electron chi connectivity index (χ2n) is 5.42. The van der Waals surface area contributed by atoms with Crippen LogP contribution in [0.3, 0.4) is 0 Å². The molecule has 5 nitrogen and oxygen atoms in total. The van der Waals surface area contributed by atoms with Gasteiger partial charge in [0.1, 0.15) is 0 Å². The van der Waals surface area contributed by atoms with Gasteiger partial charge in [-0.05, 0) is 43.9 Å². The Morgan fingerprint density at radius 2 is 2.05 bits per heavy atom. The van der Waals surface area contributed by atoms with Gasteiger partial charge < -0.3 is 14.5 Å². The molecule has 0 bridgehead atoms. The summed E-state index contributed by atoms with van der Waals surface area (Å²) in [6, 6.07) is 9.80. The molecule has 5 heteroatoms. The SMILES string of the molecule is c1ccc(-c2nnc(CNCCCOCC3CC3)o2)cc1. The predicted molar refractivity (Wildman–Crippen MR) is 79.6 cm³/mol. The van der Waals surface area contributed by atoms with Crippen LogP contribution in [0.4, 0.5) is 0 Å². The van der Waals surface area contributed by atoms with E-state index in [2.05, 4.69) is 15.5 Å². The van der Waals surface area contributed by atoms with Crippen LogP contribution in [0.1, 0.15) is 25.2 Å². The molecule has 0 radical (unpaired) electrons. The smallest absolute Gasteiger partial charge is 0.247 e. The van der Waals surface area contributed by atoms with Gasteiger partial charge in [0, 0.05) is 18.8 Å². The zero-order valence-corrected chi connectivity index (χ0v) is 12.1. The van der Waals surface area contributed by atoms with Crippen molar-refractivity contribution in [3.05, 3.63) is 36.2 Å². The Morgan fingerprint density at radius 3 is 2.86 bits per heavy atom. The highest BCUT2D eigenvalue weighted by Crippen LogP contribution is 2.28. The number of nitrogens with zero attached hydrogens (tertiary/aromatic N) is 2. The minimum absolute atomic E-state index is 0.570. The molecule has 1 N–H and O–H groups in total. The van der Waals surface area contributed by atoms with E-state index < -0.39 is 0 Å². The summed E-state index contributed by atoms with van der Waals surface area (Å²) in [5.41, 5.74) is 0.949. The lowest BCUT2D eigenvalue weighted by Gasteiger charge is -2.03. The molecular weight excluding hydrogens is 266 g/mol. The minimum Gasteiger partial charge on any atom is -0.419 e. The highest BCUT2D eigenvalue weighted by molar-refractivity contribution is 5.51. The number of hydrogen-bond acceptors (Lipinski definition) is 5. The maximum Gasteiger partial charge on any atom is 0.247 e. The van der Waals surface area contributed by atoms with Crippen molar-refractivity contribution in [2.45, 2.75) is 25.8 Å². The van der Waals surface area contributed by atoms with Gasteiger partial charge in [-0.15, -0.1) is 10.2 Å². The first-order chi connectivity index (χ1) is 10.4. The van der Waals surface area contributed by atoms with Gasteiger partial charge in [0.05, 0.1) is 6.54 Å². The van der Waals surface area contributed by atoms with Gasteiger partial charge in [0.25, 0.3) is 0 Å². The van der Waals surface area contributed by atoms with Crippen LogP contribution in [-0.2, 0) is 11.3 Å². The summed E-state index contributed by atoms with van der Waals surface area (Å²) >= 11 is 0. The maximum atomic E-state index is 5.62. The number of aromatic nitrogens is 2. The number of ether oxygens (including phenoxy) is 1. The summed E-state index contributed by atoms with van der Waals surface area (Å²) in [5.74, 6) is 2.03. The van der Waals surface area contributed by atoms with Crippen molar-refractivity contribution in [1.82, 2.24) is 15.5 Å². The quantitative estimate of drug-likeness (QED) is 0.718. The van der Waals surface area contributed by atoms with Crippen LogP contribution in [0.25, 0.3) is 11.5 Å². The maximum absolute atomic E-state index is 5.62. The average Bonchev–Trinajstić information content (AvgIpc) is 3.23. The lowest BCUT2D eigenvalue weighted by molar-refractivity contribution is 0.122. The minimum atomic E-state index is 0.570. The van der Waals surface area contributed by atoms with E-state index in [0.717, 1.165) is 37.7 Å². The molecule has 1 aromatic carbocycles. The summed E-state index contributed by atoms with van der Waals surface area (Å²) in [7, 11) is 0. The molecule has 0 amide bonds. The van der Waals surface area contributed by atoms with Crippen LogP contribution in [0.15, 0.2) is 34.7 Å². The average molecular weight is 287 g/mol. The van der Waals surface area contributed by atoms with Gasteiger partial charge in [0.2, 0.25) is 11.8 Å². The molecule has 2 aromatic rings. The Kier molecular flexibility index (Phi) is 4.97. The molecule has 0 unspecified atom stereocenters. The van der Waals surface area contributed by atoms with Crippen LogP contribution >= 0.6 is 0 Å². The van der Waals surface area contributed by atoms with E-state index in [0.29, 0.717) is 18.3 Å². The lowest BCUT2D eigenvalue weighted by Crippen LogP contribution is -2.16. The molecule has 1 aromatic heterocycles. The molecule has 0 spiro atoms. The Hall–Kier alpha value is -1.72. The molecule has 1 saturated carbocycles. The van der Waals surface area contributed by atoms with Gasteiger partial charge in [-0.1, -0.05) is 18.2 Å². The van der Waals surface area contributed by atoms with E-state index in [-0.39, 0.29) is 0 Å². The summed E-state index contributed by atoms with van der Waals surface area (Å²) in [4.78, 5) is 0. The molecule has 112 valence electrons. The summed E-state index contributed by atoms with van der Waals surface area (Å²) in [5, 5.41) is 11.4. The van der Waals surface area contributed by atoms with Crippen LogP contribution in [-0.4, -0.2) is 30.0 Å². The van der Waals surface area contributed by atoms with E-state index in [1.807, 2.05) is 30.3 Å². The fraction of sp³-hybridized carbons (Fsp3) is 0.500. The highest BCUT2D eigenvalue weighted by Gasteiger charge is 2.20. The monoisotopic (exact) mass is 287 g/mol. The first-order valence-corrected chi connectivity index (χ1v) is 7.58. The molecule has 0 aliphatic heterocycles. The third-order valence-electron chi connectivity index (χ3n) is 3.46. The van der Waals surface area contributed by atoms with Crippen molar-refractivity contribution in [3.8, 4) is 11.5 Å². The van der Waals surface area contributed by atoms with E-state index >= 15 is 0 Å². The first-order valence-electron chi connectivity index (χ1n) is 7.58. The second kappa shape index (κ2) is 7.33. The fourth-order valence-electron chi connectivity index (χ4n) is 2.05. The summed E-state index contributed by atoms with van der Waals surface area (Å²) < 4.78 is 11.2. The van der Waals surface area contributed by atoms with E-state index in [9.17, 15) is 0 Å².